The van der Waals surface area contributed by atoms with Crippen LogP contribution in [0, 0.1) is 6.92 Å². The predicted octanol–water partition coefficient (Wildman–Crippen LogP) is 4.14. The number of hydrogen-bond acceptors (Lipinski definition) is 2. The predicted molar refractivity (Wildman–Crippen MR) is 85.9 cm³/mol. The Morgan fingerprint density at radius 2 is 1.90 bits per heavy atom. The first-order chi connectivity index (χ1) is 9.99. The van der Waals surface area contributed by atoms with Crippen molar-refractivity contribution in [3.8, 4) is 0 Å². The van der Waals surface area contributed by atoms with Crippen molar-refractivity contribution in [3.05, 3.63) is 62.6 Å². The molecule has 0 saturated carbocycles. The molecule has 1 amide bonds. The summed E-state index contributed by atoms with van der Waals surface area (Å²) >= 11 is 9.51. The summed E-state index contributed by atoms with van der Waals surface area (Å²) in [4.78, 5) is 25.9. The summed E-state index contributed by atoms with van der Waals surface area (Å²) < 4.78 is 0.791. The molecule has 0 N–H and O–H groups in total. The van der Waals surface area contributed by atoms with Crippen molar-refractivity contribution in [3.63, 3.8) is 0 Å². The SMILES string of the molecule is Cc1cc(Br)cc2c1N(Cc1ccccc1Cl)C(=O)C2=O. The first-order valence-electron chi connectivity index (χ1n) is 6.39. The van der Waals surface area contributed by atoms with E-state index in [0.29, 0.717) is 22.8 Å². The van der Waals surface area contributed by atoms with Gasteiger partial charge in [0.15, 0.2) is 0 Å². The van der Waals surface area contributed by atoms with Crippen LogP contribution in [0.3, 0.4) is 0 Å². The summed E-state index contributed by atoms with van der Waals surface area (Å²) in [7, 11) is 0. The van der Waals surface area contributed by atoms with E-state index in [-0.39, 0.29) is 0 Å². The molecular formula is C16H11BrClNO2. The lowest BCUT2D eigenvalue weighted by Crippen LogP contribution is -2.29. The minimum atomic E-state index is -0.508. The van der Waals surface area contributed by atoms with E-state index in [1.807, 2.05) is 31.2 Å². The van der Waals surface area contributed by atoms with Gasteiger partial charge in [0.25, 0.3) is 11.7 Å². The Kier molecular flexibility index (Phi) is 3.59. The number of anilines is 1. The van der Waals surface area contributed by atoms with Crippen molar-refractivity contribution in [2.45, 2.75) is 13.5 Å². The van der Waals surface area contributed by atoms with Crippen LogP contribution in [0.15, 0.2) is 40.9 Å². The van der Waals surface area contributed by atoms with Gasteiger partial charge in [-0.15, -0.1) is 0 Å². The van der Waals surface area contributed by atoms with Gasteiger partial charge in [-0.1, -0.05) is 45.7 Å². The molecule has 0 aliphatic carbocycles. The fourth-order valence-corrected chi connectivity index (χ4v) is 3.32. The Hall–Kier alpha value is -1.65. The molecule has 0 aromatic heterocycles. The number of benzene rings is 2. The number of aryl methyl sites for hydroxylation is 1. The lowest BCUT2D eigenvalue weighted by Gasteiger charge is -2.19. The van der Waals surface area contributed by atoms with Crippen LogP contribution in [0.25, 0.3) is 0 Å². The summed E-state index contributed by atoms with van der Waals surface area (Å²) in [5.41, 5.74) is 2.81. The van der Waals surface area contributed by atoms with Gasteiger partial charge in [0.2, 0.25) is 0 Å². The molecule has 106 valence electrons. The zero-order valence-corrected chi connectivity index (χ0v) is 13.5. The van der Waals surface area contributed by atoms with E-state index in [1.54, 1.807) is 12.1 Å². The van der Waals surface area contributed by atoms with Gasteiger partial charge in [-0.2, -0.15) is 0 Å². The van der Waals surface area contributed by atoms with Crippen molar-refractivity contribution >= 4 is 44.9 Å². The van der Waals surface area contributed by atoms with Gasteiger partial charge in [0, 0.05) is 9.50 Å². The van der Waals surface area contributed by atoms with Crippen LogP contribution in [0.1, 0.15) is 21.5 Å². The highest BCUT2D eigenvalue weighted by Gasteiger charge is 2.37. The van der Waals surface area contributed by atoms with Crippen molar-refractivity contribution in [2.75, 3.05) is 4.90 Å². The lowest BCUT2D eigenvalue weighted by molar-refractivity contribution is -0.114. The van der Waals surface area contributed by atoms with Crippen LogP contribution in [-0.4, -0.2) is 11.7 Å². The fraction of sp³-hybridized carbons (Fsp3) is 0.125. The highest BCUT2D eigenvalue weighted by Crippen LogP contribution is 2.36. The highest BCUT2D eigenvalue weighted by atomic mass is 79.9. The number of halogens is 2. The van der Waals surface area contributed by atoms with E-state index in [1.165, 1.54) is 4.90 Å². The Labute approximate surface area is 135 Å². The Bertz CT molecular complexity index is 773. The average Bonchev–Trinajstić information content (AvgIpc) is 2.67. The fourth-order valence-electron chi connectivity index (χ4n) is 2.55. The summed E-state index contributed by atoms with van der Waals surface area (Å²) in [6.07, 6.45) is 0. The third-order valence-electron chi connectivity index (χ3n) is 3.51. The normalized spacial score (nSPS) is 13.8. The monoisotopic (exact) mass is 363 g/mol. The number of ketones is 1. The quantitative estimate of drug-likeness (QED) is 0.751. The second-order valence-corrected chi connectivity index (χ2v) is 6.25. The van der Waals surface area contributed by atoms with Crippen molar-refractivity contribution in [2.24, 2.45) is 0 Å². The maximum absolute atomic E-state index is 12.3. The van der Waals surface area contributed by atoms with Crippen LogP contribution in [0.2, 0.25) is 5.02 Å². The maximum atomic E-state index is 12.3. The molecule has 0 unspecified atom stereocenters. The molecule has 2 aromatic carbocycles. The molecule has 3 nitrogen and oxygen atoms in total. The van der Waals surface area contributed by atoms with Crippen LogP contribution in [-0.2, 0) is 11.3 Å². The topological polar surface area (TPSA) is 37.4 Å². The van der Waals surface area contributed by atoms with Gasteiger partial charge in [-0.3, -0.25) is 9.59 Å². The zero-order valence-electron chi connectivity index (χ0n) is 11.2. The van der Waals surface area contributed by atoms with E-state index in [2.05, 4.69) is 15.9 Å². The van der Waals surface area contributed by atoms with Crippen molar-refractivity contribution in [1.82, 2.24) is 0 Å². The number of Topliss-reactive ketones (excluding diaryl/α,β-unsaturated/α-hetero) is 1. The summed E-state index contributed by atoms with van der Waals surface area (Å²) in [6.45, 7) is 2.18. The van der Waals surface area contributed by atoms with Crippen LogP contribution in [0.4, 0.5) is 5.69 Å². The zero-order chi connectivity index (χ0) is 15.1. The van der Waals surface area contributed by atoms with Gasteiger partial charge in [-0.05, 0) is 36.2 Å². The van der Waals surface area contributed by atoms with Crippen molar-refractivity contribution < 1.29 is 9.59 Å². The first-order valence-corrected chi connectivity index (χ1v) is 7.56. The Morgan fingerprint density at radius 1 is 1.19 bits per heavy atom. The molecule has 1 heterocycles. The molecule has 0 radical (unpaired) electrons. The number of carbonyl (C=O) groups is 2. The highest BCUT2D eigenvalue weighted by molar-refractivity contribution is 9.10. The second-order valence-electron chi connectivity index (χ2n) is 4.93. The molecule has 21 heavy (non-hydrogen) atoms. The van der Waals surface area contributed by atoms with E-state index in [0.717, 1.165) is 15.6 Å². The van der Waals surface area contributed by atoms with Gasteiger partial charge in [0.05, 0.1) is 17.8 Å². The Balaban J connectivity index is 2.08. The molecule has 0 fully saturated rings. The molecule has 0 bridgehead atoms. The summed E-state index contributed by atoms with van der Waals surface area (Å²) in [6, 6.07) is 10.9. The molecule has 1 aliphatic heterocycles. The van der Waals surface area contributed by atoms with E-state index in [9.17, 15) is 9.59 Å². The third kappa shape index (κ3) is 2.39. The van der Waals surface area contributed by atoms with Crippen LogP contribution >= 0.6 is 27.5 Å². The molecular weight excluding hydrogens is 354 g/mol. The molecule has 0 saturated heterocycles. The molecule has 5 heteroatoms. The minimum absolute atomic E-state index is 0.291. The van der Waals surface area contributed by atoms with Crippen LogP contribution in [0.5, 0.6) is 0 Å². The maximum Gasteiger partial charge on any atom is 0.299 e. The van der Waals surface area contributed by atoms with E-state index >= 15 is 0 Å². The third-order valence-corrected chi connectivity index (χ3v) is 4.33. The number of rotatable bonds is 2. The van der Waals surface area contributed by atoms with E-state index in [4.69, 9.17) is 11.6 Å². The lowest BCUT2D eigenvalue weighted by atomic mass is 10.1. The molecule has 0 spiro atoms. The first kappa shape index (κ1) is 14.3. The largest absolute Gasteiger partial charge is 0.300 e. The second kappa shape index (κ2) is 5.28. The summed E-state index contributed by atoms with van der Waals surface area (Å²) in [5, 5.41) is 0.584. The standard InChI is InChI=1S/C16H11BrClNO2/c1-9-6-11(17)7-12-14(9)19(16(21)15(12)20)8-10-4-2-3-5-13(10)18/h2-7H,8H2,1H3. The number of amides is 1. The molecule has 1 aliphatic rings. The smallest absolute Gasteiger partial charge is 0.299 e. The van der Waals surface area contributed by atoms with E-state index < -0.39 is 11.7 Å². The average molecular weight is 365 g/mol. The Morgan fingerprint density at radius 3 is 2.62 bits per heavy atom. The summed E-state index contributed by atoms with van der Waals surface area (Å²) in [5.74, 6) is -0.979. The molecule has 3 rings (SSSR count). The van der Waals surface area contributed by atoms with Gasteiger partial charge in [0.1, 0.15) is 0 Å². The van der Waals surface area contributed by atoms with Gasteiger partial charge in [-0.25, -0.2) is 0 Å². The van der Waals surface area contributed by atoms with Gasteiger partial charge < -0.3 is 4.90 Å². The molecule has 0 atom stereocenters. The number of fused-ring (bicyclic) bond motifs is 1. The van der Waals surface area contributed by atoms with Crippen molar-refractivity contribution in [1.29, 1.82) is 0 Å². The van der Waals surface area contributed by atoms with Crippen LogP contribution < -0.4 is 4.90 Å². The van der Waals surface area contributed by atoms with Gasteiger partial charge >= 0.3 is 0 Å². The number of nitrogens with zero attached hydrogens (tertiary/aromatic N) is 1. The minimum Gasteiger partial charge on any atom is -0.300 e. The molecule has 2 aromatic rings. The number of carbonyl (C=O) groups excluding carboxylic acids is 2. The number of hydrogen-bond donors (Lipinski definition) is 0.